The maximum atomic E-state index is 12.5. The first kappa shape index (κ1) is 14.1. The molecule has 2 fully saturated rings. The number of likely N-dealkylation sites (tertiary alicyclic amines) is 1. The van der Waals surface area contributed by atoms with Gasteiger partial charge in [0.2, 0.25) is 0 Å². The number of para-hydroxylation sites is 1. The molecule has 1 aromatic carbocycles. The van der Waals surface area contributed by atoms with Crippen LogP contribution in [0.4, 0.5) is 5.69 Å². The topological polar surface area (TPSA) is 35.9 Å². The Morgan fingerprint density at radius 1 is 1.14 bits per heavy atom. The average Bonchev–Trinajstić information content (AvgIpc) is 2.90. The molecule has 1 aromatic rings. The quantitative estimate of drug-likeness (QED) is 0.800. The van der Waals surface area contributed by atoms with E-state index >= 15 is 0 Å². The van der Waals surface area contributed by atoms with Gasteiger partial charge in [-0.05, 0) is 25.0 Å². The van der Waals surface area contributed by atoms with Crippen LogP contribution in [0.2, 0.25) is 0 Å². The Kier molecular flexibility index (Phi) is 4.23. The molecule has 2 aliphatic rings. The fraction of sp³-hybridized carbons (Fsp3) is 0.529. The lowest BCUT2D eigenvalue weighted by Crippen LogP contribution is -2.39. The van der Waals surface area contributed by atoms with Crippen LogP contribution in [0.15, 0.2) is 35.4 Å². The van der Waals surface area contributed by atoms with Crippen molar-refractivity contribution in [2.24, 2.45) is 5.10 Å². The van der Waals surface area contributed by atoms with Gasteiger partial charge in [-0.2, -0.15) is 5.10 Å². The molecule has 21 heavy (non-hydrogen) atoms. The second-order valence-electron chi connectivity index (χ2n) is 5.95. The van der Waals surface area contributed by atoms with E-state index in [2.05, 4.69) is 10.0 Å². The average molecular weight is 285 g/mol. The molecule has 4 heteroatoms. The first-order valence-corrected chi connectivity index (χ1v) is 7.93. The lowest BCUT2D eigenvalue weighted by Gasteiger charge is -2.30. The monoisotopic (exact) mass is 285 g/mol. The van der Waals surface area contributed by atoms with E-state index in [1.54, 1.807) is 5.01 Å². The molecule has 1 saturated heterocycles. The zero-order chi connectivity index (χ0) is 14.7. The smallest absolute Gasteiger partial charge is 0.270 e. The molecule has 112 valence electrons. The molecule has 0 N–H and O–H groups in total. The summed E-state index contributed by atoms with van der Waals surface area (Å²) in [6.45, 7) is 0.838. The van der Waals surface area contributed by atoms with Crippen molar-refractivity contribution < 1.29 is 4.79 Å². The summed E-state index contributed by atoms with van der Waals surface area (Å²) in [7, 11) is 1.90. The van der Waals surface area contributed by atoms with E-state index in [9.17, 15) is 4.79 Å². The Morgan fingerprint density at radius 2 is 1.86 bits per heavy atom. The predicted octanol–water partition coefficient (Wildman–Crippen LogP) is 3.04. The van der Waals surface area contributed by atoms with Crippen molar-refractivity contribution in [2.75, 3.05) is 18.6 Å². The maximum Gasteiger partial charge on any atom is 0.270 e. The molecule has 0 atom stereocenters. The van der Waals surface area contributed by atoms with Gasteiger partial charge in [0.1, 0.15) is 5.71 Å². The zero-order valence-electron chi connectivity index (χ0n) is 12.7. The van der Waals surface area contributed by atoms with E-state index in [1.807, 2.05) is 37.4 Å². The summed E-state index contributed by atoms with van der Waals surface area (Å²) in [5, 5.41) is 6.33. The van der Waals surface area contributed by atoms with Crippen molar-refractivity contribution in [1.82, 2.24) is 4.90 Å². The first-order chi connectivity index (χ1) is 10.3. The summed E-state index contributed by atoms with van der Waals surface area (Å²) >= 11 is 0. The number of hydrazone groups is 1. The van der Waals surface area contributed by atoms with Gasteiger partial charge in [-0.25, -0.2) is 0 Å². The van der Waals surface area contributed by atoms with Gasteiger partial charge in [0.25, 0.3) is 5.91 Å². The van der Waals surface area contributed by atoms with Gasteiger partial charge >= 0.3 is 0 Å². The molecule has 4 nitrogen and oxygen atoms in total. The summed E-state index contributed by atoms with van der Waals surface area (Å²) in [6.07, 6.45) is 6.92. The summed E-state index contributed by atoms with van der Waals surface area (Å²) in [5.41, 5.74) is 1.71. The zero-order valence-corrected chi connectivity index (χ0v) is 12.7. The molecule has 0 bridgehead atoms. The number of nitrogens with zero attached hydrogens (tertiary/aromatic N) is 3. The van der Waals surface area contributed by atoms with Gasteiger partial charge in [0, 0.05) is 26.1 Å². The van der Waals surface area contributed by atoms with Crippen LogP contribution >= 0.6 is 0 Å². The highest BCUT2D eigenvalue weighted by Gasteiger charge is 2.33. The molecular weight excluding hydrogens is 262 g/mol. The van der Waals surface area contributed by atoms with Crippen LogP contribution in [-0.4, -0.2) is 36.2 Å². The first-order valence-electron chi connectivity index (χ1n) is 7.93. The second kappa shape index (κ2) is 6.29. The molecular formula is C17H23N3O. The summed E-state index contributed by atoms with van der Waals surface area (Å²) in [4.78, 5) is 14.6. The van der Waals surface area contributed by atoms with Gasteiger partial charge < -0.3 is 4.90 Å². The second-order valence-corrected chi connectivity index (χ2v) is 5.95. The van der Waals surface area contributed by atoms with Crippen molar-refractivity contribution in [2.45, 2.75) is 44.6 Å². The molecule has 1 aliphatic heterocycles. The number of carbonyl (C=O) groups is 1. The highest BCUT2D eigenvalue weighted by atomic mass is 16.2. The van der Waals surface area contributed by atoms with E-state index < -0.39 is 0 Å². The number of hydrogen-bond donors (Lipinski definition) is 0. The molecule has 0 radical (unpaired) electrons. The Bertz CT molecular complexity index is 520. The molecule has 0 aromatic heterocycles. The highest BCUT2D eigenvalue weighted by Crippen LogP contribution is 2.26. The predicted molar refractivity (Wildman–Crippen MR) is 85.5 cm³/mol. The van der Waals surface area contributed by atoms with Crippen molar-refractivity contribution in [3.05, 3.63) is 30.3 Å². The standard InChI is InChI=1S/C17H23N3O/c1-19(14-8-4-2-5-9-14)18-16-12-13-20(17(16)21)15-10-6-3-7-11-15/h2,4-5,8-9,15H,3,6-7,10-13H2,1H3/b18-16-. The van der Waals surface area contributed by atoms with Crippen molar-refractivity contribution in [3.8, 4) is 0 Å². The van der Waals surface area contributed by atoms with E-state index in [4.69, 9.17) is 0 Å². The number of carbonyl (C=O) groups excluding carboxylic acids is 1. The largest absolute Gasteiger partial charge is 0.334 e. The van der Waals surface area contributed by atoms with Crippen LogP contribution < -0.4 is 5.01 Å². The highest BCUT2D eigenvalue weighted by molar-refractivity contribution is 6.40. The van der Waals surface area contributed by atoms with Crippen molar-refractivity contribution >= 4 is 17.3 Å². The van der Waals surface area contributed by atoms with E-state index in [0.717, 1.165) is 31.5 Å². The lowest BCUT2D eigenvalue weighted by molar-refractivity contribution is -0.125. The third-order valence-electron chi connectivity index (χ3n) is 4.51. The molecule has 1 aliphatic carbocycles. The summed E-state index contributed by atoms with van der Waals surface area (Å²) in [5.74, 6) is 0.143. The lowest BCUT2D eigenvalue weighted by atomic mass is 9.94. The molecule has 3 rings (SSSR count). The number of rotatable bonds is 3. The number of benzene rings is 1. The normalized spacial score (nSPS) is 22.0. The molecule has 1 heterocycles. The number of hydrogen-bond acceptors (Lipinski definition) is 3. The Balaban J connectivity index is 1.69. The summed E-state index contributed by atoms with van der Waals surface area (Å²) in [6, 6.07) is 10.4. The third-order valence-corrected chi connectivity index (χ3v) is 4.51. The van der Waals surface area contributed by atoms with Gasteiger partial charge in [0.15, 0.2) is 0 Å². The van der Waals surface area contributed by atoms with Crippen molar-refractivity contribution in [3.63, 3.8) is 0 Å². The van der Waals surface area contributed by atoms with E-state index in [-0.39, 0.29) is 5.91 Å². The minimum atomic E-state index is 0.143. The number of amides is 1. The van der Waals surface area contributed by atoms with Crippen LogP contribution in [0.25, 0.3) is 0 Å². The van der Waals surface area contributed by atoms with E-state index in [1.165, 1.54) is 19.3 Å². The Hall–Kier alpha value is -1.84. The molecule has 0 unspecified atom stereocenters. The Morgan fingerprint density at radius 3 is 2.57 bits per heavy atom. The number of anilines is 1. The van der Waals surface area contributed by atoms with Crippen LogP contribution in [0.3, 0.4) is 0 Å². The van der Waals surface area contributed by atoms with Gasteiger partial charge in [0.05, 0.1) is 5.69 Å². The van der Waals surface area contributed by atoms with Crippen molar-refractivity contribution in [1.29, 1.82) is 0 Å². The van der Waals surface area contributed by atoms with Crippen LogP contribution in [-0.2, 0) is 4.79 Å². The van der Waals surface area contributed by atoms with Gasteiger partial charge in [-0.3, -0.25) is 9.80 Å². The van der Waals surface area contributed by atoms with Gasteiger partial charge in [-0.15, -0.1) is 0 Å². The fourth-order valence-corrected chi connectivity index (χ4v) is 3.32. The molecule has 1 saturated carbocycles. The third kappa shape index (κ3) is 3.09. The maximum absolute atomic E-state index is 12.5. The molecule has 0 spiro atoms. The fourth-order valence-electron chi connectivity index (χ4n) is 3.32. The van der Waals surface area contributed by atoms with Crippen LogP contribution in [0.1, 0.15) is 38.5 Å². The molecule has 1 amide bonds. The SMILES string of the molecule is CN(/N=C1/CCN(C2CCCCC2)C1=O)c1ccccc1. The van der Waals surface area contributed by atoms with Crippen LogP contribution in [0.5, 0.6) is 0 Å². The van der Waals surface area contributed by atoms with Crippen LogP contribution in [0, 0.1) is 0 Å². The summed E-state index contributed by atoms with van der Waals surface area (Å²) < 4.78 is 0. The minimum absolute atomic E-state index is 0.143. The minimum Gasteiger partial charge on any atom is -0.334 e. The Labute approximate surface area is 126 Å². The van der Waals surface area contributed by atoms with E-state index in [0.29, 0.717) is 11.8 Å². The van der Waals surface area contributed by atoms with Gasteiger partial charge in [-0.1, -0.05) is 37.5 Å².